The summed E-state index contributed by atoms with van der Waals surface area (Å²) in [5.41, 5.74) is 0.780. The summed E-state index contributed by atoms with van der Waals surface area (Å²) in [6, 6.07) is 7.11. The van der Waals surface area contributed by atoms with E-state index in [4.69, 9.17) is 5.14 Å². The molecule has 108 valence electrons. The summed E-state index contributed by atoms with van der Waals surface area (Å²) in [5.74, 6) is 0. The molecule has 0 fully saturated rings. The van der Waals surface area contributed by atoms with Crippen molar-refractivity contribution in [3.05, 3.63) is 41.3 Å². The molecule has 0 aliphatic carbocycles. The highest BCUT2D eigenvalue weighted by Gasteiger charge is 2.18. The van der Waals surface area contributed by atoms with E-state index in [-0.39, 0.29) is 14.8 Å². The van der Waals surface area contributed by atoms with Gasteiger partial charge in [0.25, 0.3) is 10.0 Å². The predicted molar refractivity (Wildman–Crippen MR) is 77.7 cm³/mol. The van der Waals surface area contributed by atoms with Crippen molar-refractivity contribution >= 4 is 37.1 Å². The number of nitrogens with two attached hydrogens (primary N) is 1. The molecule has 0 unspecified atom stereocenters. The fourth-order valence-electron chi connectivity index (χ4n) is 1.50. The standard InChI is InChI=1S/C11H12N2O4S3/c1-8-4-5-9(19(12,14)15)7-10(8)13-20(16,17)11-3-2-6-18-11/h2-7,13H,1H3,(H2,12,14,15). The van der Waals surface area contributed by atoms with E-state index in [2.05, 4.69) is 4.72 Å². The Balaban J connectivity index is 2.44. The van der Waals surface area contributed by atoms with Crippen LogP contribution in [0.15, 0.2) is 44.8 Å². The van der Waals surface area contributed by atoms with E-state index < -0.39 is 20.0 Å². The van der Waals surface area contributed by atoms with E-state index in [1.54, 1.807) is 18.4 Å². The Labute approximate surface area is 121 Å². The second kappa shape index (κ2) is 5.17. The van der Waals surface area contributed by atoms with Crippen LogP contribution in [0.2, 0.25) is 0 Å². The maximum Gasteiger partial charge on any atom is 0.271 e. The van der Waals surface area contributed by atoms with Crippen LogP contribution in [0.4, 0.5) is 5.69 Å². The van der Waals surface area contributed by atoms with E-state index in [9.17, 15) is 16.8 Å². The molecule has 0 aliphatic heterocycles. The number of hydrogen-bond acceptors (Lipinski definition) is 5. The fourth-order valence-corrected chi connectivity index (χ4v) is 4.15. The molecule has 2 aromatic rings. The van der Waals surface area contributed by atoms with Crippen molar-refractivity contribution in [1.29, 1.82) is 0 Å². The first-order chi connectivity index (χ1) is 9.20. The molecule has 0 saturated heterocycles. The van der Waals surface area contributed by atoms with Crippen molar-refractivity contribution in [3.63, 3.8) is 0 Å². The summed E-state index contributed by atoms with van der Waals surface area (Å²) in [4.78, 5) is -0.146. The quantitative estimate of drug-likeness (QED) is 0.885. The second-order valence-corrected chi connectivity index (χ2v) is 8.48. The van der Waals surface area contributed by atoms with Crippen molar-refractivity contribution in [1.82, 2.24) is 0 Å². The van der Waals surface area contributed by atoms with E-state index in [0.29, 0.717) is 5.56 Å². The Kier molecular flexibility index (Phi) is 3.87. The molecule has 20 heavy (non-hydrogen) atoms. The molecule has 0 bridgehead atoms. The molecule has 0 spiro atoms. The second-order valence-electron chi connectivity index (χ2n) is 4.06. The maximum absolute atomic E-state index is 12.1. The van der Waals surface area contributed by atoms with Gasteiger partial charge in [-0.2, -0.15) is 0 Å². The topological polar surface area (TPSA) is 106 Å². The highest BCUT2D eigenvalue weighted by molar-refractivity contribution is 7.94. The molecule has 0 saturated carbocycles. The average Bonchev–Trinajstić information content (AvgIpc) is 2.84. The zero-order valence-electron chi connectivity index (χ0n) is 10.4. The molecule has 9 heteroatoms. The average molecular weight is 332 g/mol. The van der Waals surface area contributed by atoms with Crippen molar-refractivity contribution in [3.8, 4) is 0 Å². The zero-order valence-corrected chi connectivity index (χ0v) is 12.8. The number of sulfonamides is 2. The van der Waals surface area contributed by atoms with Crippen LogP contribution in [0, 0.1) is 6.92 Å². The van der Waals surface area contributed by atoms with E-state index in [1.807, 2.05) is 0 Å². The van der Waals surface area contributed by atoms with Gasteiger partial charge in [-0.05, 0) is 36.1 Å². The highest BCUT2D eigenvalue weighted by Crippen LogP contribution is 2.24. The summed E-state index contributed by atoms with van der Waals surface area (Å²) in [6.07, 6.45) is 0. The minimum Gasteiger partial charge on any atom is -0.279 e. The first-order valence-electron chi connectivity index (χ1n) is 5.40. The van der Waals surface area contributed by atoms with Crippen molar-refractivity contribution < 1.29 is 16.8 Å². The van der Waals surface area contributed by atoms with Gasteiger partial charge in [0, 0.05) is 0 Å². The number of hydrogen-bond donors (Lipinski definition) is 2. The minimum absolute atomic E-state index is 0.146. The van der Waals surface area contributed by atoms with Crippen LogP contribution in [-0.2, 0) is 20.0 Å². The van der Waals surface area contributed by atoms with Crippen LogP contribution in [0.1, 0.15) is 5.56 Å². The van der Waals surface area contributed by atoms with Gasteiger partial charge < -0.3 is 0 Å². The van der Waals surface area contributed by atoms with E-state index in [0.717, 1.165) is 11.3 Å². The van der Waals surface area contributed by atoms with Crippen LogP contribution >= 0.6 is 11.3 Å². The van der Waals surface area contributed by atoms with Gasteiger partial charge in [-0.15, -0.1) is 11.3 Å². The van der Waals surface area contributed by atoms with E-state index >= 15 is 0 Å². The van der Waals surface area contributed by atoms with E-state index in [1.165, 1.54) is 24.3 Å². The van der Waals surface area contributed by atoms with Gasteiger partial charge in [-0.25, -0.2) is 22.0 Å². The van der Waals surface area contributed by atoms with Crippen LogP contribution in [0.25, 0.3) is 0 Å². The molecule has 2 rings (SSSR count). The van der Waals surface area contributed by atoms with Gasteiger partial charge in [0.05, 0.1) is 10.6 Å². The first kappa shape index (κ1) is 15.0. The minimum atomic E-state index is -3.88. The van der Waals surface area contributed by atoms with Crippen LogP contribution in [0.5, 0.6) is 0 Å². The number of primary sulfonamides is 1. The van der Waals surface area contributed by atoms with Gasteiger partial charge in [-0.3, -0.25) is 4.72 Å². The summed E-state index contributed by atoms with van der Waals surface area (Å²) < 4.78 is 49.3. The molecule has 1 aromatic carbocycles. The zero-order chi connectivity index (χ0) is 15.0. The Morgan fingerprint density at radius 1 is 1.15 bits per heavy atom. The summed E-state index contributed by atoms with van der Waals surface area (Å²) in [5, 5.41) is 6.67. The molecular formula is C11H12N2O4S3. The maximum atomic E-state index is 12.1. The largest absolute Gasteiger partial charge is 0.279 e. The third-order valence-electron chi connectivity index (χ3n) is 2.54. The normalized spacial score (nSPS) is 12.3. The van der Waals surface area contributed by atoms with Gasteiger partial charge in [-0.1, -0.05) is 12.1 Å². The van der Waals surface area contributed by atoms with Gasteiger partial charge in [0.1, 0.15) is 4.21 Å². The molecule has 1 aromatic heterocycles. The Bertz CT molecular complexity index is 825. The number of aryl methyl sites for hydroxylation is 1. The molecule has 0 aliphatic rings. The first-order valence-corrected chi connectivity index (χ1v) is 9.31. The van der Waals surface area contributed by atoms with Crippen LogP contribution in [-0.4, -0.2) is 16.8 Å². The molecule has 0 atom stereocenters. The Morgan fingerprint density at radius 3 is 2.40 bits per heavy atom. The van der Waals surface area contributed by atoms with Gasteiger partial charge in [0.2, 0.25) is 10.0 Å². The lowest BCUT2D eigenvalue weighted by atomic mass is 10.2. The van der Waals surface area contributed by atoms with Crippen molar-refractivity contribution in [2.24, 2.45) is 5.14 Å². The lowest BCUT2D eigenvalue weighted by Crippen LogP contribution is -2.15. The fraction of sp³-hybridized carbons (Fsp3) is 0.0909. The monoisotopic (exact) mass is 332 g/mol. The van der Waals surface area contributed by atoms with Gasteiger partial charge in [0.15, 0.2) is 0 Å². The lowest BCUT2D eigenvalue weighted by Gasteiger charge is -2.10. The van der Waals surface area contributed by atoms with Gasteiger partial charge >= 0.3 is 0 Å². The van der Waals surface area contributed by atoms with Crippen molar-refractivity contribution in [2.45, 2.75) is 16.0 Å². The third kappa shape index (κ3) is 3.18. The SMILES string of the molecule is Cc1ccc(S(N)(=O)=O)cc1NS(=O)(=O)c1cccs1. The summed E-state index contributed by atoms with van der Waals surface area (Å²) >= 11 is 1.07. The molecule has 6 nitrogen and oxygen atoms in total. The number of rotatable bonds is 4. The summed E-state index contributed by atoms with van der Waals surface area (Å²) in [7, 11) is -7.61. The molecule has 3 N–H and O–H groups in total. The molecule has 0 radical (unpaired) electrons. The number of nitrogens with one attached hydrogen (secondary N) is 1. The Hall–Kier alpha value is -1.42. The summed E-state index contributed by atoms with van der Waals surface area (Å²) in [6.45, 7) is 1.67. The smallest absolute Gasteiger partial charge is 0.271 e. The van der Waals surface area contributed by atoms with Crippen molar-refractivity contribution in [2.75, 3.05) is 4.72 Å². The number of anilines is 1. The van der Waals surface area contributed by atoms with Crippen LogP contribution in [0.3, 0.4) is 0 Å². The van der Waals surface area contributed by atoms with Crippen LogP contribution < -0.4 is 9.86 Å². The molecule has 1 heterocycles. The highest BCUT2D eigenvalue weighted by atomic mass is 32.2. The third-order valence-corrected chi connectivity index (χ3v) is 6.22. The number of thiophene rings is 1. The lowest BCUT2D eigenvalue weighted by molar-refractivity contribution is 0.596. The predicted octanol–water partition coefficient (Wildman–Crippen LogP) is 1.50. The molecule has 0 amide bonds. The molecular weight excluding hydrogens is 320 g/mol. The number of benzene rings is 1. The Morgan fingerprint density at radius 2 is 1.85 bits per heavy atom.